The first-order chi connectivity index (χ1) is 19.7. The van der Waals surface area contributed by atoms with Gasteiger partial charge in [-0.2, -0.15) is 0 Å². The second kappa shape index (κ2) is 9.76. The van der Waals surface area contributed by atoms with Gasteiger partial charge in [0.1, 0.15) is 0 Å². The molecule has 2 heteroatoms. The summed E-state index contributed by atoms with van der Waals surface area (Å²) < 4.78 is 2.38. The maximum absolute atomic E-state index is 5.92. The molecule has 0 saturated carbocycles. The van der Waals surface area contributed by atoms with Gasteiger partial charge in [0.25, 0.3) is 0 Å². The van der Waals surface area contributed by atoms with Crippen molar-refractivity contribution in [2.75, 3.05) is 0 Å². The third-order valence-electron chi connectivity index (χ3n) is 7.79. The van der Waals surface area contributed by atoms with Gasteiger partial charge in [0.15, 0.2) is 0 Å². The van der Waals surface area contributed by atoms with Crippen LogP contribution >= 0.6 is 0 Å². The second-order valence-electron chi connectivity index (χ2n) is 10.1. The van der Waals surface area contributed by atoms with Crippen LogP contribution in [0.5, 0.6) is 0 Å². The van der Waals surface area contributed by atoms with Gasteiger partial charge < -0.3 is 10.3 Å². The maximum atomic E-state index is 5.92. The fourth-order valence-electron chi connectivity index (χ4n) is 5.83. The van der Waals surface area contributed by atoms with Crippen LogP contribution in [0.1, 0.15) is 5.56 Å². The minimum atomic E-state index is 0.916. The van der Waals surface area contributed by atoms with Crippen molar-refractivity contribution in [2.45, 2.75) is 0 Å². The first-order valence-electron chi connectivity index (χ1n) is 13.5. The van der Waals surface area contributed by atoms with E-state index < -0.39 is 0 Å². The Morgan fingerprint density at radius 2 is 1.23 bits per heavy atom. The third kappa shape index (κ3) is 3.90. The van der Waals surface area contributed by atoms with E-state index in [0.717, 1.165) is 22.3 Å². The van der Waals surface area contributed by atoms with E-state index in [4.69, 9.17) is 5.73 Å². The molecule has 0 saturated heterocycles. The van der Waals surface area contributed by atoms with Crippen molar-refractivity contribution < 1.29 is 0 Å². The monoisotopic (exact) mass is 512 g/mol. The van der Waals surface area contributed by atoms with Crippen LogP contribution in [-0.2, 0) is 0 Å². The molecular formula is C38H28N2. The largest absolute Gasteiger partial charge is 0.404 e. The fraction of sp³-hybridized carbons (Fsp3) is 0. The number of nitrogens with two attached hydrogens (primary N) is 1. The summed E-state index contributed by atoms with van der Waals surface area (Å²) in [5, 5.41) is 4.88. The highest BCUT2D eigenvalue weighted by atomic mass is 15.0. The number of hydrogen-bond acceptors (Lipinski definition) is 1. The number of benzene rings is 6. The molecule has 7 rings (SSSR count). The van der Waals surface area contributed by atoms with Crippen molar-refractivity contribution in [3.05, 3.63) is 158 Å². The van der Waals surface area contributed by atoms with E-state index in [1.807, 2.05) is 0 Å². The normalized spacial score (nSPS) is 11.8. The van der Waals surface area contributed by atoms with Crippen molar-refractivity contribution in [2.24, 2.45) is 5.73 Å². The molecule has 1 aromatic heterocycles. The Hall–Kier alpha value is -5.34. The molecule has 2 nitrogen and oxygen atoms in total. The maximum Gasteiger partial charge on any atom is 0.0619 e. The SMILES string of the molecule is C=C/C(=C\N)c1ccc2c3ccc4cc(-c5cccc(-c6ccccc6)c5)ccc4c3n(-c3ccccc3)c2c1. The number of allylic oxidation sites excluding steroid dienone is 2. The molecule has 1 heterocycles. The van der Waals surface area contributed by atoms with Crippen molar-refractivity contribution >= 4 is 38.2 Å². The number of fused-ring (bicyclic) bond motifs is 5. The number of para-hydroxylation sites is 1. The summed E-state index contributed by atoms with van der Waals surface area (Å²) in [7, 11) is 0. The molecule has 6 aromatic carbocycles. The van der Waals surface area contributed by atoms with Gasteiger partial charge in [0.2, 0.25) is 0 Å². The average Bonchev–Trinajstić information content (AvgIpc) is 3.36. The smallest absolute Gasteiger partial charge is 0.0619 e. The van der Waals surface area contributed by atoms with E-state index in [1.54, 1.807) is 12.3 Å². The molecule has 0 aliphatic rings. The molecule has 0 aliphatic carbocycles. The highest BCUT2D eigenvalue weighted by molar-refractivity contribution is 6.19. The van der Waals surface area contributed by atoms with E-state index in [1.165, 1.54) is 49.3 Å². The molecule has 40 heavy (non-hydrogen) atoms. The number of nitrogens with zero attached hydrogens (tertiary/aromatic N) is 1. The summed E-state index contributed by atoms with van der Waals surface area (Å²) in [5.74, 6) is 0. The van der Waals surface area contributed by atoms with E-state index in [9.17, 15) is 0 Å². The van der Waals surface area contributed by atoms with Gasteiger partial charge >= 0.3 is 0 Å². The molecule has 7 aromatic rings. The topological polar surface area (TPSA) is 30.9 Å². The summed E-state index contributed by atoms with van der Waals surface area (Å²) >= 11 is 0. The average molecular weight is 513 g/mol. The summed E-state index contributed by atoms with van der Waals surface area (Å²) in [6.45, 7) is 3.95. The van der Waals surface area contributed by atoms with Gasteiger partial charge in [-0.25, -0.2) is 0 Å². The van der Waals surface area contributed by atoms with E-state index in [2.05, 4.69) is 145 Å². The van der Waals surface area contributed by atoms with Gasteiger partial charge in [-0.05, 0) is 69.1 Å². The van der Waals surface area contributed by atoms with Crippen LogP contribution in [-0.4, -0.2) is 4.57 Å². The van der Waals surface area contributed by atoms with Gasteiger partial charge in [0, 0.05) is 28.0 Å². The molecule has 0 amide bonds. The predicted octanol–water partition coefficient (Wildman–Crippen LogP) is 9.76. The van der Waals surface area contributed by atoms with Crippen LogP contribution in [0, 0.1) is 0 Å². The highest BCUT2D eigenvalue weighted by Gasteiger charge is 2.16. The molecule has 0 bridgehead atoms. The lowest BCUT2D eigenvalue weighted by molar-refractivity contribution is 1.19. The first-order valence-corrected chi connectivity index (χ1v) is 13.5. The second-order valence-corrected chi connectivity index (χ2v) is 10.1. The molecular weight excluding hydrogens is 484 g/mol. The van der Waals surface area contributed by atoms with Gasteiger partial charge in [-0.15, -0.1) is 0 Å². The van der Waals surface area contributed by atoms with Crippen molar-refractivity contribution in [3.63, 3.8) is 0 Å². The van der Waals surface area contributed by atoms with Crippen molar-refractivity contribution in [1.29, 1.82) is 0 Å². The Bertz CT molecular complexity index is 2060. The fourth-order valence-corrected chi connectivity index (χ4v) is 5.83. The number of rotatable bonds is 5. The standard InChI is InChI=1S/C38H28N2/c1-2-26(25-39)31-17-20-35-36-21-18-32-23-30(29-13-9-12-28(22-29)27-10-5-3-6-11-27)16-19-34(32)38(36)40(37(35)24-31)33-14-7-4-8-15-33/h2-25H,1,39H2/b26-25+. The Balaban J connectivity index is 1.47. The van der Waals surface area contributed by atoms with Crippen LogP contribution < -0.4 is 5.73 Å². The quantitative estimate of drug-likeness (QED) is 0.229. The van der Waals surface area contributed by atoms with E-state index in [-0.39, 0.29) is 0 Å². The Kier molecular flexibility index (Phi) is 5.79. The minimum Gasteiger partial charge on any atom is -0.404 e. The van der Waals surface area contributed by atoms with Gasteiger partial charge in [-0.1, -0.05) is 116 Å². The summed E-state index contributed by atoms with van der Waals surface area (Å²) in [5.41, 5.74) is 16.2. The third-order valence-corrected chi connectivity index (χ3v) is 7.79. The van der Waals surface area contributed by atoms with Gasteiger partial charge in [-0.3, -0.25) is 0 Å². The van der Waals surface area contributed by atoms with E-state index in [0.29, 0.717) is 0 Å². The zero-order valence-corrected chi connectivity index (χ0v) is 22.1. The zero-order valence-electron chi connectivity index (χ0n) is 22.1. The van der Waals surface area contributed by atoms with Crippen molar-refractivity contribution in [1.82, 2.24) is 4.57 Å². The molecule has 0 spiro atoms. The molecule has 0 radical (unpaired) electrons. The highest BCUT2D eigenvalue weighted by Crippen LogP contribution is 2.39. The lowest BCUT2D eigenvalue weighted by atomic mass is 9.96. The van der Waals surface area contributed by atoms with Crippen LogP contribution in [0.3, 0.4) is 0 Å². The minimum absolute atomic E-state index is 0.916. The molecule has 0 aliphatic heterocycles. The summed E-state index contributed by atoms with van der Waals surface area (Å²) in [6, 6.07) is 47.8. The van der Waals surface area contributed by atoms with Crippen molar-refractivity contribution in [3.8, 4) is 27.9 Å². The molecule has 0 unspecified atom stereocenters. The Morgan fingerprint density at radius 3 is 1.98 bits per heavy atom. The first kappa shape index (κ1) is 23.8. The molecule has 0 fully saturated rings. The number of aromatic nitrogens is 1. The molecule has 2 N–H and O–H groups in total. The lowest BCUT2D eigenvalue weighted by Gasteiger charge is -2.12. The zero-order chi connectivity index (χ0) is 27.1. The van der Waals surface area contributed by atoms with Crippen LogP contribution in [0.25, 0.3) is 66.1 Å². The molecule has 190 valence electrons. The van der Waals surface area contributed by atoms with E-state index >= 15 is 0 Å². The lowest BCUT2D eigenvalue weighted by Crippen LogP contribution is -1.95. The summed E-state index contributed by atoms with van der Waals surface area (Å²) in [4.78, 5) is 0. The van der Waals surface area contributed by atoms with Crippen LogP contribution in [0.15, 0.2) is 152 Å². The van der Waals surface area contributed by atoms with Crippen LogP contribution in [0.4, 0.5) is 0 Å². The predicted molar refractivity (Wildman–Crippen MR) is 172 cm³/mol. The Labute approximate surface area is 233 Å². The Morgan fingerprint density at radius 1 is 0.575 bits per heavy atom. The molecule has 0 atom stereocenters. The van der Waals surface area contributed by atoms with Gasteiger partial charge in [0.05, 0.1) is 11.0 Å². The van der Waals surface area contributed by atoms with Crippen LogP contribution in [0.2, 0.25) is 0 Å². The summed E-state index contributed by atoms with van der Waals surface area (Å²) in [6.07, 6.45) is 3.42. The number of hydrogen-bond donors (Lipinski definition) is 1.